The number of hydrogen-bond donors (Lipinski definition) is 1. The molecule has 4 rings (SSSR count). The van der Waals surface area contributed by atoms with Crippen LogP contribution in [-0.2, 0) is 13.6 Å². The molecule has 0 radical (unpaired) electrons. The number of aromatic amines is 1. The first-order chi connectivity index (χ1) is 10.7. The monoisotopic (exact) mass is 277 g/mol. The third-order valence-electron chi connectivity index (χ3n) is 3.80. The van der Waals surface area contributed by atoms with Crippen molar-refractivity contribution < 1.29 is 1.41 Å². The van der Waals surface area contributed by atoms with Gasteiger partial charge in [-0.2, -0.15) is 0 Å². The summed E-state index contributed by atoms with van der Waals surface area (Å²) in [6, 6.07) is 9.64. The van der Waals surface area contributed by atoms with Gasteiger partial charge in [-0.3, -0.25) is 0 Å². The van der Waals surface area contributed by atoms with Crippen molar-refractivity contribution in [3.63, 3.8) is 0 Å². The molecule has 6 heteroatoms. The van der Waals surface area contributed by atoms with Gasteiger partial charge in [0.15, 0.2) is 0 Å². The van der Waals surface area contributed by atoms with Crippen LogP contribution >= 0.6 is 0 Å². The number of nitrogens with one attached hydrogen (secondary N) is 1. The molecular weight excluding hydrogens is 263 g/mol. The number of aryl methyl sites for hydroxylation is 1. The van der Waals surface area contributed by atoms with Crippen molar-refractivity contribution >= 4 is 29.0 Å². The fourth-order valence-electron chi connectivity index (χ4n) is 2.68. The molecule has 0 unspecified atom stereocenters. The van der Waals surface area contributed by atoms with Gasteiger partial charge in [0.1, 0.15) is 0 Å². The van der Waals surface area contributed by atoms with Gasteiger partial charge in [-0.05, 0) is 0 Å². The Balaban J connectivity index is 1.92. The van der Waals surface area contributed by atoms with E-state index >= 15 is 0 Å². The summed E-state index contributed by atoms with van der Waals surface area (Å²) in [5.41, 5.74) is 2.93. The molecule has 21 heavy (non-hydrogen) atoms. The minimum atomic E-state index is -0.353. The van der Waals surface area contributed by atoms with Gasteiger partial charge in [0.05, 0.1) is 0 Å². The summed E-state index contributed by atoms with van der Waals surface area (Å²) in [5, 5.41) is 0. The molecule has 0 amide bonds. The fourth-order valence-corrected chi connectivity index (χ4v) is 2.68. The molecule has 0 saturated carbocycles. The van der Waals surface area contributed by atoms with Gasteiger partial charge in [-0.1, -0.05) is 0 Å². The van der Waals surface area contributed by atoms with Crippen LogP contribution in [0.5, 0.6) is 0 Å². The van der Waals surface area contributed by atoms with Gasteiger partial charge in [0.25, 0.3) is 0 Å². The number of benzene rings is 1. The van der Waals surface area contributed by atoms with Crippen LogP contribution in [0.25, 0.3) is 22.1 Å². The maximum atomic E-state index is 12.3. The van der Waals surface area contributed by atoms with Crippen LogP contribution in [0.1, 0.15) is 5.82 Å². The zero-order valence-corrected chi connectivity index (χ0v) is 11.5. The minimum absolute atomic E-state index is 0.344. The van der Waals surface area contributed by atoms with Gasteiger partial charge in [0, 0.05) is 0 Å². The number of H-pyrrole nitrogens is 1. The van der Waals surface area contributed by atoms with Crippen LogP contribution in [0.15, 0.2) is 47.0 Å². The normalized spacial score (nSPS) is 12.0. The molecule has 5 nitrogen and oxygen atoms in total. The van der Waals surface area contributed by atoms with E-state index in [4.69, 9.17) is 1.41 Å². The van der Waals surface area contributed by atoms with Crippen LogP contribution in [0.2, 0.25) is 1.41 Å². The molecule has 3 aromatic heterocycles. The van der Waals surface area contributed by atoms with Crippen molar-refractivity contribution in [2.45, 2.75) is 6.54 Å². The Morgan fingerprint density at radius 2 is 2.19 bits per heavy atom. The second-order valence-corrected chi connectivity index (χ2v) is 5.04. The summed E-state index contributed by atoms with van der Waals surface area (Å²) in [7, 11) is 1.94. The molecule has 0 saturated heterocycles. The van der Waals surface area contributed by atoms with Crippen molar-refractivity contribution in [2.75, 3.05) is 0 Å². The Labute approximate surface area is 122 Å². The number of fused-ring (bicyclic) bond motifs is 2. The third-order valence-corrected chi connectivity index (χ3v) is 3.80. The summed E-state index contributed by atoms with van der Waals surface area (Å²) in [5.74, 6) is 4.47. The Morgan fingerprint density at radius 3 is 3.05 bits per heavy atom. The first-order valence-corrected chi connectivity index (χ1v) is 6.76. The number of imidazole rings is 2. The molecule has 3 heterocycles. The van der Waals surface area contributed by atoms with E-state index < -0.39 is 0 Å². The van der Waals surface area contributed by atoms with Crippen LogP contribution in [0.4, 0.5) is 0 Å². The number of aromatic nitrogens is 4. The molecule has 0 aliphatic heterocycles. The number of para-hydroxylation sites is 2. The van der Waals surface area contributed by atoms with Gasteiger partial charge in [-0.25, -0.2) is 0 Å². The van der Waals surface area contributed by atoms with Crippen molar-refractivity contribution in [1.29, 1.82) is 0 Å². The quantitative estimate of drug-likeness (QED) is 0.605. The number of hydrogen-bond acceptors (Lipinski definition) is 2. The SMILES string of the molecule is [2H]n1c(=O)n(Cc2nc3ccccc3n2C)c2cbccc21. The summed E-state index contributed by atoms with van der Waals surface area (Å²) >= 11 is 0. The first kappa shape index (κ1) is 11.1. The zero-order chi connectivity index (χ0) is 15.3. The standard InChI is InChI=1S/C15H13BN4O/c1-19-12-5-3-2-4-10(12)17-14(19)9-20-13-8-16-7-6-11(13)18-15(20)21/h2-8H,9H2,1H3,(H,18,21)/i/hD. The van der Waals surface area contributed by atoms with Crippen molar-refractivity contribution in [3.05, 3.63) is 58.6 Å². The van der Waals surface area contributed by atoms with E-state index in [1.54, 1.807) is 10.6 Å². The van der Waals surface area contributed by atoms with E-state index in [2.05, 4.69) is 4.98 Å². The van der Waals surface area contributed by atoms with Gasteiger partial charge in [0.2, 0.25) is 0 Å². The van der Waals surface area contributed by atoms with E-state index in [1.165, 1.54) is 0 Å². The van der Waals surface area contributed by atoms with Gasteiger partial charge in [-0.15, -0.1) is 0 Å². The van der Waals surface area contributed by atoms with Crippen molar-refractivity contribution in [3.8, 4) is 0 Å². The predicted octanol–water partition coefficient (Wildman–Crippen LogP) is 1.60. The Bertz CT molecular complexity index is 1060. The van der Waals surface area contributed by atoms with E-state index in [-0.39, 0.29) is 5.69 Å². The average Bonchev–Trinajstić information content (AvgIpc) is 2.99. The topological polar surface area (TPSA) is 55.6 Å². The van der Waals surface area contributed by atoms with E-state index in [9.17, 15) is 4.79 Å². The molecular formula is C15H13BN4O. The first-order valence-electron chi connectivity index (χ1n) is 7.21. The van der Waals surface area contributed by atoms with E-state index in [0.29, 0.717) is 12.1 Å². The Kier molecular flexibility index (Phi) is 2.35. The second-order valence-electron chi connectivity index (χ2n) is 5.04. The molecule has 0 aliphatic rings. The number of rotatable bonds is 2. The van der Waals surface area contributed by atoms with Crippen LogP contribution < -0.4 is 5.69 Å². The predicted molar refractivity (Wildman–Crippen MR) is 83.7 cm³/mol. The van der Waals surface area contributed by atoms with E-state index in [1.807, 2.05) is 54.7 Å². The van der Waals surface area contributed by atoms with Crippen molar-refractivity contribution in [1.82, 2.24) is 19.1 Å². The second kappa shape index (κ2) is 4.44. The summed E-state index contributed by atoms with van der Waals surface area (Å²) in [6.07, 6.45) is 0. The fraction of sp³-hybridized carbons (Fsp3) is 0.133. The maximum absolute atomic E-state index is 12.3. The van der Waals surface area contributed by atoms with Crippen molar-refractivity contribution in [2.24, 2.45) is 7.05 Å². The molecule has 0 atom stereocenters. The molecule has 0 aliphatic carbocycles. The Hall–Kier alpha value is -2.63. The molecule has 0 bridgehead atoms. The molecule has 102 valence electrons. The van der Waals surface area contributed by atoms with Crippen LogP contribution in [-0.4, -0.2) is 26.0 Å². The summed E-state index contributed by atoms with van der Waals surface area (Å²) < 4.78 is 11.5. The molecule has 4 aromatic rings. The molecule has 0 spiro atoms. The summed E-state index contributed by atoms with van der Waals surface area (Å²) in [6.45, 7) is 2.21. The van der Waals surface area contributed by atoms with Crippen LogP contribution in [0.3, 0.4) is 0 Å². The van der Waals surface area contributed by atoms with E-state index in [0.717, 1.165) is 27.4 Å². The van der Waals surface area contributed by atoms with Gasteiger partial charge < -0.3 is 0 Å². The Morgan fingerprint density at radius 1 is 1.33 bits per heavy atom. The summed E-state index contributed by atoms with van der Waals surface area (Å²) in [4.78, 5) is 17.8. The molecule has 0 fully saturated rings. The average molecular weight is 277 g/mol. The third kappa shape index (κ3) is 1.83. The molecule has 1 N–H and O–H groups in total. The number of nitrogens with zero attached hydrogens (tertiary/aromatic N) is 3. The van der Waals surface area contributed by atoms with Crippen LogP contribution in [0, 0.1) is 0 Å². The van der Waals surface area contributed by atoms with Gasteiger partial charge >= 0.3 is 122 Å². The zero-order valence-electron chi connectivity index (χ0n) is 12.5. The molecule has 1 aromatic carbocycles.